The summed E-state index contributed by atoms with van der Waals surface area (Å²) in [5.74, 6) is -0.712. The van der Waals surface area contributed by atoms with Crippen molar-refractivity contribution >= 4 is 11.4 Å². The van der Waals surface area contributed by atoms with Crippen molar-refractivity contribution < 1.29 is 13.5 Å². The van der Waals surface area contributed by atoms with Crippen LogP contribution in [0.5, 0.6) is 0 Å². The Bertz CT molecular complexity index is 969. The topological polar surface area (TPSA) is 55.2 Å². The molecule has 0 unspecified atom stereocenters. The molecule has 2 heterocycles. The molecule has 8 heteroatoms. The molecular formula is C21H23F2N5O. The summed E-state index contributed by atoms with van der Waals surface area (Å²) in [5, 5.41) is 7.13. The van der Waals surface area contributed by atoms with Gasteiger partial charge in [0.2, 0.25) is 0 Å². The summed E-state index contributed by atoms with van der Waals surface area (Å²) in [7, 11) is 0. The monoisotopic (exact) mass is 399 g/mol. The summed E-state index contributed by atoms with van der Waals surface area (Å²) in [4.78, 5) is 5.95. The van der Waals surface area contributed by atoms with E-state index in [1.807, 2.05) is 19.9 Å². The number of benzene rings is 2. The van der Waals surface area contributed by atoms with Gasteiger partial charge in [0.05, 0.1) is 12.2 Å². The van der Waals surface area contributed by atoms with E-state index < -0.39 is 5.82 Å². The number of nitrogens with zero attached hydrogens (tertiary/aromatic N) is 4. The molecule has 1 aliphatic rings. The Balaban J connectivity index is 1.47. The first kappa shape index (κ1) is 19.3. The molecule has 1 N–H and O–H groups in total. The maximum Gasteiger partial charge on any atom is 0.149 e. The van der Waals surface area contributed by atoms with Gasteiger partial charge in [0, 0.05) is 31.0 Å². The predicted molar refractivity (Wildman–Crippen MR) is 107 cm³/mol. The zero-order chi connectivity index (χ0) is 20.4. The fourth-order valence-corrected chi connectivity index (χ4v) is 3.63. The summed E-state index contributed by atoms with van der Waals surface area (Å²) in [6, 6.07) is 9.77. The lowest BCUT2D eigenvalue weighted by molar-refractivity contribution is -0.00523. The molecule has 1 saturated heterocycles. The van der Waals surface area contributed by atoms with Gasteiger partial charge in [-0.05, 0) is 49.7 Å². The first-order valence-corrected chi connectivity index (χ1v) is 9.56. The van der Waals surface area contributed by atoms with Gasteiger partial charge in [-0.2, -0.15) is 5.10 Å². The minimum absolute atomic E-state index is 0.0879. The van der Waals surface area contributed by atoms with Crippen LogP contribution in [0.15, 0.2) is 49.1 Å². The minimum Gasteiger partial charge on any atom is -0.381 e. The van der Waals surface area contributed by atoms with E-state index in [1.165, 1.54) is 35.5 Å². The highest BCUT2D eigenvalue weighted by atomic mass is 19.1. The van der Waals surface area contributed by atoms with Gasteiger partial charge in [0.25, 0.3) is 0 Å². The average Bonchev–Trinajstić information content (AvgIpc) is 3.20. The van der Waals surface area contributed by atoms with Crippen LogP contribution in [-0.2, 0) is 11.3 Å². The zero-order valence-electron chi connectivity index (χ0n) is 16.3. The predicted octanol–water partition coefficient (Wildman–Crippen LogP) is 3.77. The van der Waals surface area contributed by atoms with E-state index in [9.17, 15) is 8.78 Å². The number of nitrogens with one attached hydrogen (secondary N) is 1. The number of anilines is 2. The first-order chi connectivity index (χ1) is 14.0. The van der Waals surface area contributed by atoms with Gasteiger partial charge in [0.15, 0.2) is 0 Å². The molecule has 2 atom stereocenters. The van der Waals surface area contributed by atoms with Crippen LogP contribution in [0.4, 0.5) is 20.2 Å². The molecule has 0 saturated carbocycles. The third-order valence-electron chi connectivity index (χ3n) is 4.84. The lowest BCUT2D eigenvalue weighted by atomic mass is 10.1. The van der Waals surface area contributed by atoms with Crippen LogP contribution in [0.1, 0.15) is 19.4 Å². The molecular weight excluding hydrogens is 376 g/mol. The minimum atomic E-state index is -0.397. The van der Waals surface area contributed by atoms with Gasteiger partial charge in [-0.25, -0.2) is 18.4 Å². The van der Waals surface area contributed by atoms with Gasteiger partial charge >= 0.3 is 0 Å². The van der Waals surface area contributed by atoms with E-state index in [2.05, 4.69) is 20.3 Å². The Morgan fingerprint density at radius 2 is 1.90 bits per heavy atom. The standard InChI is InChI=1S/C21H23F2N5O/c1-14-10-27(11-15(2)29-14)19-7-17(22)6-18(8-19)25-9-16-3-4-21(20(23)5-16)28-13-24-12-26-28/h3-8,12-15,25H,9-11H2,1-2H3/t14-,15+. The summed E-state index contributed by atoms with van der Waals surface area (Å²) < 4.78 is 35.7. The van der Waals surface area contributed by atoms with Crippen molar-refractivity contribution in [2.24, 2.45) is 0 Å². The lowest BCUT2D eigenvalue weighted by Gasteiger charge is -2.37. The molecule has 0 bridgehead atoms. The van der Waals surface area contributed by atoms with Crippen molar-refractivity contribution in [2.75, 3.05) is 23.3 Å². The molecule has 29 heavy (non-hydrogen) atoms. The van der Waals surface area contributed by atoms with Crippen molar-refractivity contribution in [3.63, 3.8) is 0 Å². The molecule has 0 radical (unpaired) electrons. The quantitative estimate of drug-likeness (QED) is 0.708. The average molecular weight is 399 g/mol. The van der Waals surface area contributed by atoms with Crippen molar-refractivity contribution in [3.05, 3.63) is 66.3 Å². The second kappa shape index (κ2) is 8.16. The maximum absolute atomic E-state index is 14.4. The van der Waals surface area contributed by atoms with E-state index in [-0.39, 0.29) is 18.0 Å². The number of aromatic nitrogens is 3. The molecule has 1 aliphatic heterocycles. The van der Waals surface area contributed by atoms with Crippen LogP contribution in [0.3, 0.4) is 0 Å². The molecule has 1 aromatic heterocycles. The zero-order valence-corrected chi connectivity index (χ0v) is 16.3. The van der Waals surface area contributed by atoms with Crippen LogP contribution in [0.2, 0.25) is 0 Å². The molecule has 1 fully saturated rings. The number of halogens is 2. The molecule has 0 spiro atoms. The van der Waals surface area contributed by atoms with E-state index in [1.54, 1.807) is 12.1 Å². The second-order valence-electron chi connectivity index (χ2n) is 7.34. The molecule has 2 aromatic carbocycles. The summed E-state index contributed by atoms with van der Waals surface area (Å²) >= 11 is 0. The number of morpholine rings is 1. The van der Waals surface area contributed by atoms with E-state index >= 15 is 0 Å². The summed E-state index contributed by atoms with van der Waals surface area (Å²) in [6.45, 7) is 5.81. The molecule has 4 rings (SSSR count). The van der Waals surface area contributed by atoms with Crippen LogP contribution < -0.4 is 10.2 Å². The Morgan fingerprint density at radius 1 is 1.10 bits per heavy atom. The molecule has 152 valence electrons. The van der Waals surface area contributed by atoms with Crippen molar-refractivity contribution in [1.29, 1.82) is 0 Å². The van der Waals surface area contributed by atoms with E-state index in [0.717, 1.165) is 11.3 Å². The SMILES string of the molecule is C[C@@H]1CN(c2cc(F)cc(NCc3ccc(-n4cncn4)c(F)c3)c2)C[C@H](C)O1. The Hall–Kier alpha value is -3.00. The fourth-order valence-electron chi connectivity index (χ4n) is 3.63. The smallest absolute Gasteiger partial charge is 0.149 e. The van der Waals surface area contributed by atoms with Gasteiger partial charge in [-0.1, -0.05) is 6.07 Å². The van der Waals surface area contributed by atoms with E-state index in [0.29, 0.717) is 31.0 Å². The highest BCUT2D eigenvalue weighted by molar-refractivity contribution is 5.59. The number of ether oxygens (including phenoxy) is 1. The molecule has 0 aliphatic carbocycles. The maximum atomic E-state index is 14.4. The fraction of sp³-hybridized carbons (Fsp3) is 0.333. The largest absolute Gasteiger partial charge is 0.381 e. The van der Waals surface area contributed by atoms with Crippen LogP contribution in [-0.4, -0.2) is 40.1 Å². The first-order valence-electron chi connectivity index (χ1n) is 9.56. The van der Waals surface area contributed by atoms with Crippen molar-refractivity contribution in [1.82, 2.24) is 14.8 Å². The molecule has 3 aromatic rings. The summed E-state index contributed by atoms with van der Waals surface area (Å²) in [6.07, 6.45) is 2.97. The van der Waals surface area contributed by atoms with Gasteiger partial charge in [0.1, 0.15) is 30.0 Å². The third-order valence-corrected chi connectivity index (χ3v) is 4.84. The Labute approximate surface area is 168 Å². The second-order valence-corrected chi connectivity index (χ2v) is 7.34. The van der Waals surface area contributed by atoms with Gasteiger partial charge in [-0.15, -0.1) is 0 Å². The Kier molecular flexibility index (Phi) is 5.44. The third kappa shape index (κ3) is 4.54. The molecule has 6 nitrogen and oxygen atoms in total. The van der Waals surface area contributed by atoms with Crippen molar-refractivity contribution in [3.8, 4) is 5.69 Å². The van der Waals surface area contributed by atoms with Crippen molar-refractivity contribution in [2.45, 2.75) is 32.6 Å². The summed E-state index contributed by atoms with van der Waals surface area (Å²) in [5.41, 5.74) is 2.52. The highest BCUT2D eigenvalue weighted by Gasteiger charge is 2.23. The lowest BCUT2D eigenvalue weighted by Crippen LogP contribution is -2.45. The van der Waals surface area contributed by atoms with Gasteiger partial charge in [-0.3, -0.25) is 0 Å². The number of hydrogen-bond acceptors (Lipinski definition) is 5. The Morgan fingerprint density at radius 3 is 2.59 bits per heavy atom. The number of hydrogen-bond donors (Lipinski definition) is 1. The van der Waals surface area contributed by atoms with Gasteiger partial charge < -0.3 is 15.0 Å². The van der Waals surface area contributed by atoms with Crippen LogP contribution >= 0.6 is 0 Å². The highest BCUT2D eigenvalue weighted by Crippen LogP contribution is 2.26. The molecule has 0 amide bonds. The van der Waals surface area contributed by atoms with Crippen LogP contribution in [0.25, 0.3) is 5.69 Å². The number of rotatable bonds is 5. The van der Waals surface area contributed by atoms with E-state index in [4.69, 9.17) is 4.74 Å². The van der Waals surface area contributed by atoms with Crippen LogP contribution in [0, 0.1) is 11.6 Å². The normalized spacial score (nSPS) is 19.4.